The molecule has 1 aromatic rings. The minimum Gasteiger partial charge on any atom is -0.463 e. The molecule has 0 aromatic heterocycles. The molecule has 1 aromatic carbocycles. The van der Waals surface area contributed by atoms with Crippen molar-refractivity contribution in [3.05, 3.63) is 58.2 Å². The van der Waals surface area contributed by atoms with Gasteiger partial charge in [-0.1, -0.05) is 24.3 Å². The second-order valence-electron chi connectivity index (χ2n) is 5.25. The molecule has 0 bridgehead atoms. The summed E-state index contributed by atoms with van der Waals surface area (Å²) in [6.45, 7) is 2.94. The van der Waals surface area contributed by atoms with E-state index in [9.17, 15) is 14.4 Å². The highest BCUT2D eigenvalue weighted by molar-refractivity contribution is 5.92. The minimum absolute atomic E-state index is 0.0527. The lowest BCUT2D eigenvalue weighted by molar-refractivity contribution is -0.139. The molecule has 1 unspecified atom stereocenters. The molecule has 1 aliphatic rings. The first kappa shape index (κ1) is 17.5. The Labute approximate surface area is 140 Å². The van der Waals surface area contributed by atoms with E-state index in [1.807, 2.05) is 6.07 Å². The zero-order valence-corrected chi connectivity index (χ0v) is 13.6. The van der Waals surface area contributed by atoms with Crippen molar-refractivity contribution in [3.63, 3.8) is 0 Å². The van der Waals surface area contributed by atoms with Gasteiger partial charge in [0.1, 0.15) is 17.4 Å². The Morgan fingerprint density at radius 3 is 2.79 bits per heavy atom. The Morgan fingerprint density at radius 1 is 1.46 bits per heavy atom. The summed E-state index contributed by atoms with van der Waals surface area (Å²) >= 11 is 0. The van der Waals surface area contributed by atoms with Crippen LogP contribution in [0.5, 0.6) is 0 Å². The Balaban J connectivity index is 2.65. The lowest BCUT2D eigenvalue weighted by Crippen LogP contribution is -2.26. The highest BCUT2D eigenvalue weighted by Crippen LogP contribution is 2.40. The number of hydrogen-bond acceptors (Lipinski definition) is 5. The van der Waals surface area contributed by atoms with Crippen LogP contribution < -0.4 is 5.73 Å². The number of allylic oxidation sites excluding steroid dienone is 2. The zero-order valence-electron chi connectivity index (χ0n) is 13.6. The zero-order chi connectivity index (χ0) is 17.7. The predicted octanol–water partition coefficient (Wildman–Crippen LogP) is 2.84. The van der Waals surface area contributed by atoms with Gasteiger partial charge in [0.15, 0.2) is 0 Å². The quantitative estimate of drug-likeness (QED) is 0.839. The van der Waals surface area contributed by atoms with E-state index < -0.39 is 18.6 Å². The van der Waals surface area contributed by atoms with Crippen molar-refractivity contribution < 1.29 is 18.7 Å². The van der Waals surface area contributed by atoms with E-state index in [1.165, 1.54) is 0 Å². The fourth-order valence-electron chi connectivity index (χ4n) is 2.81. The molecule has 0 saturated heterocycles. The Kier molecular flexibility index (Phi) is 5.59. The number of nitrogens with zero attached hydrogens (tertiary/aromatic N) is 1. The number of nitriles is 1. The lowest BCUT2D eigenvalue weighted by atomic mass is 9.80. The molecule has 1 atom stereocenters. The van der Waals surface area contributed by atoms with Crippen LogP contribution in [0.3, 0.4) is 0 Å². The van der Waals surface area contributed by atoms with E-state index in [0.29, 0.717) is 11.1 Å². The van der Waals surface area contributed by atoms with Crippen molar-refractivity contribution in [3.8, 4) is 6.07 Å². The predicted molar refractivity (Wildman–Crippen MR) is 86.1 cm³/mol. The summed E-state index contributed by atoms with van der Waals surface area (Å²) in [7, 11) is 0. The number of aryl methyl sites for hydroxylation is 1. The van der Waals surface area contributed by atoms with Gasteiger partial charge in [-0.2, -0.15) is 5.26 Å². The maximum atomic E-state index is 12.9. The second-order valence-corrected chi connectivity index (χ2v) is 5.25. The second kappa shape index (κ2) is 7.64. The first-order valence-electron chi connectivity index (χ1n) is 7.64. The van der Waals surface area contributed by atoms with E-state index >= 15 is 0 Å². The summed E-state index contributed by atoms with van der Waals surface area (Å²) < 4.78 is 23.4. The van der Waals surface area contributed by atoms with E-state index in [0.717, 1.165) is 0 Å². The average Bonchev–Trinajstić information content (AvgIpc) is 2.55. The molecule has 6 heteroatoms. The third kappa shape index (κ3) is 3.25. The fourth-order valence-corrected chi connectivity index (χ4v) is 2.81. The molecule has 0 fully saturated rings. The number of halogens is 1. The number of carbonyl (C=O) groups is 1. The molecule has 0 saturated carbocycles. The number of esters is 1. The summed E-state index contributed by atoms with van der Waals surface area (Å²) in [5.41, 5.74) is 7.54. The maximum absolute atomic E-state index is 12.9. The number of ether oxygens (including phenoxy) is 2. The molecule has 2 N–H and O–H groups in total. The van der Waals surface area contributed by atoms with Crippen LogP contribution in [0, 0.1) is 11.3 Å². The Hall–Kier alpha value is -2.81. The molecule has 0 spiro atoms. The van der Waals surface area contributed by atoms with Gasteiger partial charge in [-0.3, -0.25) is 4.39 Å². The normalized spacial score (nSPS) is 17.3. The minimum atomic E-state index is -0.731. The number of benzene rings is 1. The van der Waals surface area contributed by atoms with Crippen molar-refractivity contribution in [1.82, 2.24) is 0 Å². The Morgan fingerprint density at radius 2 is 2.17 bits per heavy atom. The Bertz CT molecular complexity index is 747. The van der Waals surface area contributed by atoms with E-state index in [-0.39, 0.29) is 35.8 Å². The van der Waals surface area contributed by atoms with Gasteiger partial charge in [-0.05, 0) is 25.0 Å². The van der Waals surface area contributed by atoms with Crippen molar-refractivity contribution in [2.24, 2.45) is 5.73 Å². The molecule has 1 heterocycles. The summed E-state index contributed by atoms with van der Waals surface area (Å²) in [6.07, 6.45) is 0.182. The summed E-state index contributed by atoms with van der Waals surface area (Å²) in [5, 5.41) is 9.51. The SMILES string of the molecule is CCOC(=O)C1=C(C)OC(N)=C(C#N)C1c1ccccc1CCF. The largest absolute Gasteiger partial charge is 0.463 e. The fraction of sp³-hybridized carbons (Fsp3) is 0.333. The summed E-state index contributed by atoms with van der Waals surface area (Å²) in [4.78, 5) is 12.4. The van der Waals surface area contributed by atoms with Gasteiger partial charge < -0.3 is 15.2 Å². The molecular weight excluding hydrogens is 311 g/mol. The molecule has 0 aliphatic carbocycles. The maximum Gasteiger partial charge on any atom is 0.338 e. The summed E-state index contributed by atoms with van der Waals surface area (Å²) in [5.74, 6) is -1.08. The van der Waals surface area contributed by atoms with Crippen molar-refractivity contribution >= 4 is 5.97 Å². The standard InChI is InChI=1S/C18H19FN2O3/c1-3-23-18(22)15-11(2)24-17(21)14(10-20)16(15)13-7-5-4-6-12(13)8-9-19/h4-7,16H,3,8-9,21H2,1-2H3. The molecule has 5 nitrogen and oxygen atoms in total. The summed E-state index contributed by atoms with van der Waals surface area (Å²) in [6, 6.07) is 9.11. The lowest BCUT2D eigenvalue weighted by Gasteiger charge is -2.28. The smallest absolute Gasteiger partial charge is 0.338 e. The van der Waals surface area contributed by atoms with Crippen molar-refractivity contribution in [1.29, 1.82) is 5.26 Å². The van der Waals surface area contributed by atoms with Crippen LogP contribution in [0.25, 0.3) is 0 Å². The van der Waals surface area contributed by atoms with E-state index in [4.69, 9.17) is 15.2 Å². The topological polar surface area (TPSA) is 85.3 Å². The van der Waals surface area contributed by atoms with E-state index in [2.05, 4.69) is 0 Å². The van der Waals surface area contributed by atoms with Gasteiger partial charge >= 0.3 is 5.97 Å². The van der Waals surface area contributed by atoms with Crippen LogP contribution in [0.4, 0.5) is 4.39 Å². The number of hydrogen-bond donors (Lipinski definition) is 1. The van der Waals surface area contributed by atoms with Crippen LogP contribution in [0.1, 0.15) is 30.9 Å². The van der Waals surface area contributed by atoms with Gasteiger partial charge in [-0.25, -0.2) is 4.79 Å². The van der Waals surface area contributed by atoms with Gasteiger partial charge in [0, 0.05) is 6.42 Å². The molecule has 0 amide bonds. The highest BCUT2D eigenvalue weighted by Gasteiger charge is 2.37. The van der Waals surface area contributed by atoms with Gasteiger partial charge in [0.05, 0.1) is 24.8 Å². The molecule has 0 radical (unpaired) electrons. The number of alkyl halides is 1. The third-order valence-electron chi connectivity index (χ3n) is 3.83. The van der Waals surface area contributed by atoms with Gasteiger partial charge in [-0.15, -0.1) is 0 Å². The van der Waals surface area contributed by atoms with Gasteiger partial charge in [0.25, 0.3) is 0 Å². The molecule has 1 aliphatic heterocycles. The van der Waals surface area contributed by atoms with Gasteiger partial charge in [0.2, 0.25) is 5.88 Å². The highest BCUT2D eigenvalue weighted by atomic mass is 19.1. The molecule has 2 rings (SSSR count). The van der Waals surface area contributed by atoms with Crippen LogP contribution in [0.15, 0.2) is 47.1 Å². The van der Waals surface area contributed by atoms with E-state index in [1.54, 1.807) is 38.1 Å². The van der Waals surface area contributed by atoms with Crippen molar-refractivity contribution in [2.45, 2.75) is 26.2 Å². The first-order chi connectivity index (χ1) is 11.5. The molecule has 24 heavy (non-hydrogen) atoms. The first-order valence-corrected chi connectivity index (χ1v) is 7.64. The van der Waals surface area contributed by atoms with Crippen LogP contribution in [-0.2, 0) is 20.7 Å². The monoisotopic (exact) mass is 330 g/mol. The van der Waals surface area contributed by atoms with Crippen LogP contribution >= 0.6 is 0 Å². The average molecular weight is 330 g/mol. The molecular formula is C18H19FN2O3. The van der Waals surface area contributed by atoms with Crippen LogP contribution in [-0.4, -0.2) is 19.3 Å². The number of rotatable bonds is 5. The number of nitrogens with two attached hydrogens (primary N) is 1. The van der Waals surface area contributed by atoms with Crippen molar-refractivity contribution in [2.75, 3.05) is 13.3 Å². The van der Waals surface area contributed by atoms with Crippen LogP contribution in [0.2, 0.25) is 0 Å². The third-order valence-corrected chi connectivity index (χ3v) is 3.83. The molecule has 126 valence electrons. The number of carbonyl (C=O) groups excluding carboxylic acids is 1.